The van der Waals surface area contributed by atoms with Gasteiger partial charge in [-0.2, -0.15) is 0 Å². The third-order valence-electron chi connectivity index (χ3n) is 3.53. The molecule has 26 heavy (non-hydrogen) atoms. The summed E-state index contributed by atoms with van der Waals surface area (Å²) in [5.41, 5.74) is 2.36. The molecule has 2 aromatic carbocycles. The average Bonchev–Trinajstić information content (AvgIpc) is 3.08. The summed E-state index contributed by atoms with van der Waals surface area (Å²) in [4.78, 5) is 31.1. The van der Waals surface area contributed by atoms with Crippen LogP contribution in [0.25, 0.3) is 11.0 Å². The molecule has 0 aliphatic rings. The molecular formula is C18H19N5O2S. The Morgan fingerprint density at radius 2 is 1.81 bits per heavy atom. The third kappa shape index (κ3) is 5.00. The molecule has 0 aliphatic carbocycles. The van der Waals surface area contributed by atoms with Crippen LogP contribution in [0.3, 0.4) is 0 Å². The van der Waals surface area contributed by atoms with Crippen molar-refractivity contribution in [3.05, 3.63) is 60.2 Å². The summed E-state index contributed by atoms with van der Waals surface area (Å²) in [6.07, 6.45) is 0.828. The highest BCUT2D eigenvalue weighted by atomic mass is 32.2. The first-order valence-electron chi connectivity index (χ1n) is 8.19. The largest absolute Gasteiger partial charge is 0.356 e. The summed E-state index contributed by atoms with van der Waals surface area (Å²) in [6, 6.07) is 15.9. The number of anilines is 1. The van der Waals surface area contributed by atoms with Crippen molar-refractivity contribution in [3.8, 4) is 0 Å². The number of amides is 3. The lowest BCUT2D eigenvalue weighted by Crippen LogP contribution is -2.36. The minimum Gasteiger partial charge on any atom is -0.356 e. The van der Waals surface area contributed by atoms with Crippen LogP contribution in [-0.4, -0.2) is 34.2 Å². The van der Waals surface area contributed by atoms with Gasteiger partial charge in [0.1, 0.15) is 0 Å². The second-order valence-corrected chi connectivity index (χ2v) is 6.38. The number of nitrogens with zero attached hydrogens (tertiary/aromatic N) is 1. The van der Waals surface area contributed by atoms with Crippen LogP contribution in [0, 0.1) is 0 Å². The van der Waals surface area contributed by atoms with Gasteiger partial charge in [0.05, 0.1) is 11.0 Å². The maximum absolute atomic E-state index is 11.8. The Balaban J connectivity index is 1.30. The van der Waals surface area contributed by atoms with Gasteiger partial charge < -0.3 is 10.3 Å². The minimum atomic E-state index is -0.519. The number of hydrogen-bond acceptors (Lipinski definition) is 5. The van der Waals surface area contributed by atoms with Crippen LogP contribution in [0.5, 0.6) is 0 Å². The molecule has 3 aromatic rings. The number of imide groups is 1. The molecule has 0 atom stereocenters. The number of aromatic amines is 1. The van der Waals surface area contributed by atoms with E-state index >= 15 is 0 Å². The van der Waals surface area contributed by atoms with Gasteiger partial charge in [0.25, 0.3) is 5.91 Å². The Hall–Kier alpha value is -3.00. The summed E-state index contributed by atoms with van der Waals surface area (Å²) in [7, 11) is 0. The van der Waals surface area contributed by atoms with E-state index in [1.165, 1.54) is 11.9 Å². The summed E-state index contributed by atoms with van der Waals surface area (Å²) in [6.45, 7) is 0.721. The number of aromatic nitrogens is 2. The van der Waals surface area contributed by atoms with Crippen LogP contribution >= 0.6 is 11.9 Å². The Labute approximate surface area is 155 Å². The maximum atomic E-state index is 11.8. The number of carbonyl (C=O) groups is 2. The smallest absolute Gasteiger partial charge is 0.331 e. The second kappa shape index (κ2) is 8.91. The van der Waals surface area contributed by atoms with Crippen molar-refractivity contribution in [1.82, 2.24) is 20.0 Å². The predicted octanol–water partition coefficient (Wildman–Crippen LogP) is 3.15. The molecule has 134 valence electrons. The number of nitrogens with one attached hydrogen (secondary N) is 4. The number of urea groups is 1. The van der Waals surface area contributed by atoms with Crippen LogP contribution in [0.1, 0.15) is 16.8 Å². The van der Waals surface area contributed by atoms with Gasteiger partial charge in [-0.15, -0.1) is 0 Å². The highest BCUT2D eigenvalue weighted by molar-refractivity contribution is 7.97. The fourth-order valence-electron chi connectivity index (χ4n) is 2.29. The standard InChI is InChI=1S/C18H19N5O2S/c24-16(13-7-2-1-3-8-13)22-18(25)23-26-12-6-11-19-17-20-14-9-4-5-10-15(14)21-17/h1-5,7-10H,6,11-12H2,(H2,19,20,21)(H2,22,23,24,25). The fraction of sp³-hybridized carbons (Fsp3) is 0.167. The summed E-state index contributed by atoms with van der Waals surface area (Å²) < 4.78 is 2.60. The van der Waals surface area contributed by atoms with Gasteiger partial charge in [-0.3, -0.25) is 14.8 Å². The molecule has 3 amide bonds. The van der Waals surface area contributed by atoms with Crippen LogP contribution in [0.15, 0.2) is 54.6 Å². The first kappa shape index (κ1) is 17.8. The zero-order valence-electron chi connectivity index (χ0n) is 14.0. The van der Waals surface area contributed by atoms with Gasteiger partial charge in [-0.1, -0.05) is 30.3 Å². The van der Waals surface area contributed by atoms with E-state index in [1.54, 1.807) is 24.3 Å². The quantitative estimate of drug-likeness (QED) is 0.379. The number of rotatable bonds is 7. The summed E-state index contributed by atoms with van der Waals surface area (Å²) in [5, 5.41) is 5.50. The summed E-state index contributed by atoms with van der Waals surface area (Å²) in [5.74, 6) is 1.02. The zero-order chi connectivity index (χ0) is 18.2. The number of carbonyl (C=O) groups excluding carboxylic acids is 2. The van der Waals surface area contributed by atoms with Crippen molar-refractivity contribution in [1.29, 1.82) is 0 Å². The molecule has 0 spiro atoms. The van der Waals surface area contributed by atoms with Gasteiger partial charge in [0.2, 0.25) is 5.95 Å². The minimum absolute atomic E-state index is 0.421. The van der Waals surface area contributed by atoms with Crippen LogP contribution in [0.4, 0.5) is 10.7 Å². The van der Waals surface area contributed by atoms with Crippen molar-refractivity contribution in [3.63, 3.8) is 0 Å². The maximum Gasteiger partial charge on any atom is 0.331 e. The van der Waals surface area contributed by atoms with Gasteiger partial charge >= 0.3 is 6.03 Å². The highest BCUT2D eigenvalue weighted by Gasteiger charge is 2.09. The van der Waals surface area contributed by atoms with E-state index in [0.717, 1.165) is 29.9 Å². The van der Waals surface area contributed by atoms with Gasteiger partial charge in [-0.05, 0) is 42.6 Å². The SMILES string of the molecule is O=C(NSCCCNc1nc2ccccc2[nH]1)NC(=O)c1ccccc1. The first-order chi connectivity index (χ1) is 12.7. The monoisotopic (exact) mass is 369 g/mol. The van der Waals surface area contributed by atoms with E-state index in [9.17, 15) is 9.59 Å². The summed E-state index contributed by atoms with van der Waals surface area (Å²) >= 11 is 1.25. The molecule has 1 aromatic heterocycles. The lowest BCUT2D eigenvalue weighted by molar-refractivity contribution is 0.0965. The molecule has 8 heteroatoms. The van der Waals surface area contributed by atoms with E-state index in [2.05, 4.69) is 25.3 Å². The highest BCUT2D eigenvalue weighted by Crippen LogP contribution is 2.13. The van der Waals surface area contributed by atoms with Crippen LogP contribution < -0.4 is 15.4 Å². The normalized spacial score (nSPS) is 10.5. The molecule has 7 nitrogen and oxygen atoms in total. The first-order valence-corrected chi connectivity index (χ1v) is 9.18. The van der Waals surface area contributed by atoms with Crippen LogP contribution in [-0.2, 0) is 0 Å². The molecule has 0 saturated heterocycles. The molecule has 3 rings (SSSR count). The van der Waals surface area contributed by atoms with Crippen molar-refractivity contribution in [2.75, 3.05) is 17.6 Å². The Morgan fingerprint density at radius 1 is 1.04 bits per heavy atom. The molecule has 0 fully saturated rings. The van der Waals surface area contributed by atoms with Gasteiger partial charge in [-0.25, -0.2) is 9.78 Å². The van der Waals surface area contributed by atoms with Crippen molar-refractivity contribution in [2.24, 2.45) is 0 Å². The molecule has 4 N–H and O–H groups in total. The van der Waals surface area contributed by atoms with Crippen molar-refractivity contribution >= 4 is 40.9 Å². The second-order valence-electron chi connectivity index (χ2n) is 5.48. The average molecular weight is 369 g/mol. The van der Waals surface area contributed by atoms with Crippen molar-refractivity contribution < 1.29 is 9.59 Å². The molecule has 0 saturated carbocycles. The van der Waals surface area contributed by atoms with Gasteiger partial charge in [0, 0.05) is 17.9 Å². The van der Waals surface area contributed by atoms with Crippen molar-refractivity contribution in [2.45, 2.75) is 6.42 Å². The van der Waals surface area contributed by atoms with E-state index in [1.807, 2.05) is 30.3 Å². The Morgan fingerprint density at radius 3 is 2.62 bits per heavy atom. The van der Waals surface area contributed by atoms with E-state index < -0.39 is 11.9 Å². The third-order valence-corrected chi connectivity index (χ3v) is 4.36. The van der Waals surface area contributed by atoms with Crippen LogP contribution in [0.2, 0.25) is 0 Å². The number of hydrogen-bond donors (Lipinski definition) is 4. The fourth-order valence-corrected chi connectivity index (χ4v) is 2.87. The number of fused-ring (bicyclic) bond motifs is 1. The predicted molar refractivity (Wildman–Crippen MR) is 104 cm³/mol. The Bertz CT molecular complexity index is 848. The van der Waals surface area contributed by atoms with E-state index in [0.29, 0.717) is 11.3 Å². The number of para-hydroxylation sites is 2. The molecule has 0 unspecified atom stereocenters. The van der Waals surface area contributed by atoms with E-state index in [-0.39, 0.29) is 0 Å². The lowest BCUT2D eigenvalue weighted by atomic mass is 10.2. The molecule has 1 heterocycles. The number of H-pyrrole nitrogens is 1. The molecule has 0 bridgehead atoms. The molecule has 0 radical (unpaired) electrons. The molecular weight excluding hydrogens is 350 g/mol. The molecule has 0 aliphatic heterocycles. The topological polar surface area (TPSA) is 98.9 Å². The van der Waals surface area contributed by atoms with E-state index in [4.69, 9.17) is 0 Å². The number of imidazole rings is 1. The Kier molecular flexibility index (Phi) is 6.10. The van der Waals surface area contributed by atoms with Gasteiger partial charge in [0.15, 0.2) is 0 Å². The zero-order valence-corrected chi connectivity index (χ0v) is 14.8. The lowest BCUT2D eigenvalue weighted by Gasteiger charge is -2.06. The number of benzene rings is 2.